The zero-order valence-electron chi connectivity index (χ0n) is 13.3. The molecule has 0 aromatic heterocycles. The van der Waals surface area contributed by atoms with Crippen molar-refractivity contribution in [2.75, 3.05) is 28.4 Å². The Morgan fingerprint density at radius 1 is 0.682 bits per heavy atom. The van der Waals surface area contributed by atoms with Gasteiger partial charge in [0.2, 0.25) is 11.5 Å². The van der Waals surface area contributed by atoms with Crippen LogP contribution in [0.4, 0.5) is 0 Å². The van der Waals surface area contributed by atoms with Crippen molar-refractivity contribution in [3.8, 4) is 23.0 Å². The molecule has 0 spiro atoms. The average molecular weight is 300 g/mol. The van der Waals surface area contributed by atoms with Crippen molar-refractivity contribution < 1.29 is 18.9 Å². The van der Waals surface area contributed by atoms with Crippen LogP contribution >= 0.6 is 0 Å². The van der Waals surface area contributed by atoms with Crippen LogP contribution < -0.4 is 18.9 Å². The smallest absolute Gasteiger partial charge is 0.207 e. The fourth-order valence-corrected chi connectivity index (χ4v) is 2.23. The van der Waals surface area contributed by atoms with Crippen molar-refractivity contribution >= 4 is 12.2 Å². The van der Waals surface area contributed by atoms with Crippen molar-refractivity contribution in [3.63, 3.8) is 0 Å². The first kappa shape index (κ1) is 15.8. The number of benzene rings is 2. The summed E-state index contributed by atoms with van der Waals surface area (Å²) in [5.74, 6) is 2.22. The molecule has 0 atom stereocenters. The normalized spacial score (nSPS) is 10.5. The number of methoxy groups -OCH3 is 4. The first-order valence-electron chi connectivity index (χ1n) is 6.85. The summed E-state index contributed by atoms with van der Waals surface area (Å²) in [6.45, 7) is 0. The van der Waals surface area contributed by atoms with E-state index in [0.717, 1.165) is 11.1 Å². The fourth-order valence-electron chi connectivity index (χ4n) is 2.23. The fraction of sp³-hybridized carbons (Fsp3) is 0.222. The molecule has 4 heteroatoms. The molecule has 2 aromatic rings. The molecule has 2 aromatic carbocycles. The Labute approximate surface area is 130 Å². The Bertz CT molecular complexity index is 648. The van der Waals surface area contributed by atoms with Crippen molar-refractivity contribution in [1.82, 2.24) is 0 Å². The monoisotopic (exact) mass is 300 g/mol. The number of hydrogen-bond acceptors (Lipinski definition) is 4. The van der Waals surface area contributed by atoms with Crippen LogP contribution in [-0.4, -0.2) is 28.4 Å². The van der Waals surface area contributed by atoms with Crippen molar-refractivity contribution in [2.24, 2.45) is 0 Å². The van der Waals surface area contributed by atoms with E-state index in [-0.39, 0.29) is 0 Å². The van der Waals surface area contributed by atoms with Crippen LogP contribution in [0, 0.1) is 0 Å². The van der Waals surface area contributed by atoms with Crippen LogP contribution in [0.1, 0.15) is 11.1 Å². The minimum Gasteiger partial charge on any atom is -0.493 e. The Hall–Kier alpha value is -2.62. The van der Waals surface area contributed by atoms with Gasteiger partial charge in [0.1, 0.15) is 0 Å². The summed E-state index contributed by atoms with van der Waals surface area (Å²) in [6.07, 6.45) is 3.96. The topological polar surface area (TPSA) is 36.9 Å². The standard InChI is InChI=1S/C18H20O4/c1-19-15-12-14(11-10-13-8-6-5-7-9-13)16(20-2)18(22-4)17(15)21-3/h5-12H,1-4H3. The highest BCUT2D eigenvalue weighted by atomic mass is 16.5. The van der Waals surface area contributed by atoms with E-state index in [1.807, 2.05) is 48.6 Å². The molecule has 22 heavy (non-hydrogen) atoms. The lowest BCUT2D eigenvalue weighted by Gasteiger charge is -2.17. The van der Waals surface area contributed by atoms with Gasteiger partial charge in [0.05, 0.1) is 28.4 Å². The minimum atomic E-state index is 0.511. The zero-order chi connectivity index (χ0) is 15.9. The first-order chi connectivity index (χ1) is 10.7. The number of hydrogen-bond donors (Lipinski definition) is 0. The van der Waals surface area contributed by atoms with E-state index in [4.69, 9.17) is 18.9 Å². The van der Waals surface area contributed by atoms with E-state index in [1.165, 1.54) is 0 Å². The predicted molar refractivity (Wildman–Crippen MR) is 88.0 cm³/mol. The molecule has 0 aliphatic carbocycles. The molecule has 0 bridgehead atoms. The molecule has 0 aliphatic rings. The Morgan fingerprint density at radius 3 is 1.86 bits per heavy atom. The number of rotatable bonds is 6. The lowest BCUT2D eigenvalue weighted by Crippen LogP contribution is -1.99. The Balaban J connectivity index is 2.52. The summed E-state index contributed by atoms with van der Waals surface area (Å²) in [7, 11) is 6.34. The van der Waals surface area contributed by atoms with Crippen LogP contribution in [0.3, 0.4) is 0 Å². The molecule has 0 saturated carbocycles. The van der Waals surface area contributed by atoms with Gasteiger partial charge in [-0.3, -0.25) is 0 Å². The summed E-state index contributed by atoms with van der Waals surface area (Å²) < 4.78 is 21.7. The second kappa shape index (κ2) is 7.41. The second-order valence-corrected chi connectivity index (χ2v) is 4.51. The largest absolute Gasteiger partial charge is 0.493 e. The molecule has 4 nitrogen and oxygen atoms in total. The van der Waals surface area contributed by atoms with Crippen LogP contribution in [0.25, 0.3) is 12.2 Å². The molecular weight excluding hydrogens is 280 g/mol. The van der Waals surface area contributed by atoms with Crippen LogP contribution in [0.2, 0.25) is 0 Å². The van der Waals surface area contributed by atoms with Gasteiger partial charge >= 0.3 is 0 Å². The van der Waals surface area contributed by atoms with Gasteiger partial charge < -0.3 is 18.9 Å². The highest BCUT2D eigenvalue weighted by molar-refractivity contribution is 5.78. The van der Waals surface area contributed by atoms with E-state index < -0.39 is 0 Å². The van der Waals surface area contributed by atoms with Gasteiger partial charge in [-0.25, -0.2) is 0 Å². The molecule has 116 valence electrons. The van der Waals surface area contributed by atoms with Crippen molar-refractivity contribution in [1.29, 1.82) is 0 Å². The molecule has 0 saturated heterocycles. The van der Waals surface area contributed by atoms with Crippen molar-refractivity contribution in [3.05, 3.63) is 47.5 Å². The van der Waals surface area contributed by atoms with E-state index in [0.29, 0.717) is 23.0 Å². The van der Waals surface area contributed by atoms with E-state index in [2.05, 4.69) is 0 Å². The average Bonchev–Trinajstić information content (AvgIpc) is 2.58. The maximum atomic E-state index is 5.49. The summed E-state index contributed by atoms with van der Waals surface area (Å²) >= 11 is 0. The minimum absolute atomic E-state index is 0.511. The van der Waals surface area contributed by atoms with Crippen LogP contribution in [0.5, 0.6) is 23.0 Å². The third-order valence-electron chi connectivity index (χ3n) is 3.27. The van der Waals surface area contributed by atoms with Gasteiger partial charge in [-0.15, -0.1) is 0 Å². The molecule has 0 aliphatic heterocycles. The lowest BCUT2D eigenvalue weighted by molar-refractivity contribution is 0.305. The maximum absolute atomic E-state index is 5.49. The first-order valence-corrected chi connectivity index (χ1v) is 6.85. The predicted octanol–water partition coefficient (Wildman–Crippen LogP) is 3.89. The molecular formula is C18H20O4. The third-order valence-corrected chi connectivity index (χ3v) is 3.27. The molecule has 0 amide bonds. The van der Waals surface area contributed by atoms with Crippen LogP contribution in [-0.2, 0) is 0 Å². The zero-order valence-corrected chi connectivity index (χ0v) is 13.3. The Kier molecular flexibility index (Phi) is 5.31. The molecule has 0 heterocycles. The van der Waals surface area contributed by atoms with Gasteiger partial charge in [-0.05, 0) is 11.6 Å². The highest BCUT2D eigenvalue weighted by Gasteiger charge is 2.20. The summed E-state index contributed by atoms with van der Waals surface area (Å²) in [6, 6.07) is 11.9. The molecule has 0 fully saturated rings. The maximum Gasteiger partial charge on any atom is 0.207 e. The second-order valence-electron chi connectivity index (χ2n) is 4.51. The number of ether oxygens (including phenoxy) is 4. The van der Waals surface area contributed by atoms with Crippen molar-refractivity contribution in [2.45, 2.75) is 0 Å². The van der Waals surface area contributed by atoms with Gasteiger partial charge in [-0.1, -0.05) is 42.5 Å². The lowest BCUT2D eigenvalue weighted by atomic mass is 10.1. The molecule has 0 N–H and O–H groups in total. The van der Waals surface area contributed by atoms with E-state index in [9.17, 15) is 0 Å². The highest BCUT2D eigenvalue weighted by Crippen LogP contribution is 2.47. The van der Waals surface area contributed by atoms with Gasteiger partial charge in [0.15, 0.2) is 11.5 Å². The SMILES string of the molecule is COc1cc(C=Cc2ccccc2)c(OC)c(OC)c1OC. The van der Waals surface area contributed by atoms with E-state index >= 15 is 0 Å². The summed E-state index contributed by atoms with van der Waals surface area (Å²) in [4.78, 5) is 0. The molecule has 2 rings (SSSR count). The van der Waals surface area contributed by atoms with E-state index in [1.54, 1.807) is 28.4 Å². The van der Waals surface area contributed by atoms with Crippen LogP contribution in [0.15, 0.2) is 36.4 Å². The van der Waals surface area contributed by atoms with Gasteiger partial charge in [-0.2, -0.15) is 0 Å². The van der Waals surface area contributed by atoms with Gasteiger partial charge in [0.25, 0.3) is 0 Å². The molecule has 0 unspecified atom stereocenters. The Morgan fingerprint density at radius 2 is 1.32 bits per heavy atom. The third kappa shape index (κ3) is 3.17. The summed E-state index contributed by atoms with van der Waals surface area (Å²) in [5.41, 5.74) is 1.94. The summed E-state index contributed by atoms with van der Waals surface area (Å²) in [5, 5.41) is 0. The van der Waals surface area contributed by atoms with Gasteiger partial charge in [0, 0.05) is 5.56 Å². The molecule has 0 radical (unpaired) electrons. The quantitative estimate of drug-likeness (QED) is 0.758.